The molecule has 0 N–H and O–H groups in total. The van der Waals surface area contributed by atoms with Gasteiger partial charge in [0.15, 0.2) is 0 Å². The number of rotatable bonds is 0. The van der Waals surface area contributed by atoms with Gasteiger partial charge in [0.2, 0.25) is 0 Å². The van der Waals surface area contributed by atoms with Crippen LogP contribution in [0, 0.1) is 0 Å². The summed E-state index contributed by atoms with van der Waals surface area (Å²) in [6, 6.07) is 0. The largest absolute Gasteiger partial charge is 3.00 e. The van der Waals surface area contributed by atoms with E-state index in [1.54, 1.807) is 0 Å². The maximum absolute atomic E-state index is 8.89. The van der Waals surface area contributed by atoms with E-state index in [4.69, 9.17) is 29.7 Å². The molecule has 0 heterocycles. The fraction of sp³-hybridized carbons (Fsp3) is 0.500. The third-order valence-electron chi connectivity index (χ3n) is 1.37. The molecule has 6 nitrogen and oxygen atoms in total. The molecule has 0 saturated carbocycles. The minimum atomic E-state index is -1.08. The van der Waals surface area contributed by atoms with Gasteiger partial charge in [-0.1, -0.05) is 24.3 Å². The van der Waals surface area contributed by atoms with Crippen LogP contribution in [0.3, 0.4) is 0 Å². The van der Waals surface area contributed by atoms with Crippen LogP contribution in [0.1, 0.15) is 46.5 Å². The molecule has 0 aromatic heterocycles. The molecule has 0 aliphatic heterocycles. The number of allylic oxidation sites excluding steroid dienone is 4. The normalized spacial score (nSPS) is 14.2. The van der Waals surface area contributed by atoms with Gasteiger partial charge in [-0.3, -0.25) is 0 Å². The van der Waals surface area contributed by atoms with Crippen molar-refractivity contribution in [3.8, 4) is 0 Å². The number of hydrogen-bond acceptors (Lipinski definition) is 6. The molecule has 0 unspecified atom stereocenters. The van der Waals surface area contributed by atoms with E-state index < -0.39 is 17.9 Å². The summed E-state index contributed by atoms with van der Waals surface area (Å²) in [5, 5.41) is 26.7. The van der Waals surface area contributed by atoms with E-state index in [1.165, 1.54) is 25.7 Å². The Hall–Kier alpha value is -1.49. The van der Waals surface area contributed by atoms with Crippen molar-refractivity contribution in [2.24, 2.45) is 0 Å². The number of carbonyl (C=O) groups is 3. The summed E-state index contributed by atoms with van der Waals surface area (Å²) in [6.45, 7) is 2.92. The first-order chi connectivity index (χ1) is 9.20. The Labute approximate surface area is 138 Å². The number of aliphatic carboxylic acids is 3. The van der Waals surface area contributed by atoms with Gasteiger partial charge < -0.3 is 29.7 Å². The molecule has 1 aliphatic rings. The second kappa shape index (κ2) is 23.6. The SMILES string of the molecule is C1=C\CCCC\C=C/1.CC(=O)[O-].CC(=O)[O-].CC(=O)[O-].[Rh+3]. The van der Waals surface area contributed by atoms with E-state index in [0.717, 1.165) is 20.8 Å². The molecule has 7 heteroatoms. The quantitative estimate of drug-likeness (QED) is 0.488. The summed E-state index contributed by atoms with van der Waals surface area (Å²) in [7, 11) is 0. The number of carboxylic acid groups (broad SMARTS) is 3. The maximum Gasteiger partial charge on any atom is 3.00 e. The van der Waals surface area contributed by atoms with E-state index in [9.17, 15) is 0 Å². The Bertz CT molecular complexity index is 269. The third kappa shape index (κ3) is 119. The number of carboxylic acids is 3. The van der Waals surface area contributed by atoms with Gasteiger partial charge in [0.25, 0.3) is 0 Å². The Morgan fingerprint density at radius 2 is 0.905 bits per heavy atom. The van der Waals surface area contributed by atoms with Crippen LogP contribution in [0.4, 0.5) is 0 Å². The molecule has 1 rings (SSSR count). The molecule has 0 aromatic rings. The minimum Gasteiger partial charge on any atom is -0.550 e. The van der Waals surface area contributed by atoms with Crippen molar-refractivity contribution in [2.45, 2.75) is 46.5 Å². The molecule has 0 saturated heterocycles. The van der Waals surface area contributed by atoms with Crippen molar-refractivity contribution in [3.63, 3.8) is 0 Å². The van der Waals surface area contributed by atoms with Crippen LogP contribution < -0.4 is 15.3 Å². The number of hydrogen-bond donors (Lipinski definition) is 0. The minimum absolute atomic E-state index is 0. The molecule has 0 radical (unpaired) electrons. The second-order valence-corrected chi connectivity index (χ2v) is 3.62. The van der Waals surface area contributed by atoms with Crippen molar-refractivity contribution in [3.05, 3.63) is 24.3 Å². The fourth-order valence-electron chi connectivity index (χ4n) is 0.874. The number of carbonyl (C=O) groups excluding carboxylic acids is 3. The van der Waals surface area contributed by atoms with Crippen molar-refractivity contribution in [1.29, 1.82) is 0 Å². The Balaban J connectivity index is -0.0000000973. The van der Waals surface area contributed by atoms with Gasteiger partial charge in [0, 0.05) is 17.9 Å². The monoisotopic (exact) mass is 388 g/mol. The first-order valence-corrected chi connectivity index (χ1v) is 6.04. The van der Waals surface area contributed by atoms with E-state index in [0.29, 0.717) is 0 Å². The van der Waals surface area contributed by atoms with Crippen LogP contribution in [0.25, 0.3) is 0 Å². The standard InChI is InChI=1S/C8H12.3C2H4O2.Rh/c1-2-4-6-8-7-5-3-1;3*1-2(3)4;/h1-4H,5-8H2;3*1H3,(H,3,4);/q;;;;+3/p-3/b3-1-,4-2-;;;;. The van der Waals surface area contributed by atoms with Gasteiger partial charge in [-0.15, -0.1) is 0 Å². The van der Waals surface area contributed by atoms with Crippen molar-refractivity contribution >= 4 is 17.9 Å². The van der Waals surface area contributed by atoms with Crippen LogP contribution >= 0.6 is 0 Å². The van der Waals surface area contributed by atoms with Gasteiger partial charge >= 0.3 is 19.5 Å². The molecular weight excluding hydrogens is 367 g/mol. The van der Waals surface area contributed by atoms with Gasteiger partial charge in [0.1, 0.15) is 0 Å². The summed E-state index contributed by atoms with van der Waals surface area (Å²) in [4.78, 5) is 26.7. The molecule has 0 bridgehead atoms. The van der Waals surface area contributed by atoms with Gasteiger partial charge in [-0.05, 0) is 46.5 Å². The summed E-state index contributed by atoms with van der Waals surface area (Å²) in [5.74, 6) is -3.25. The van der Waals surface area contributed by atoms with Crippen LogP contribution in [-0.2, 0) is 33.9 Å². The van der Waals surface area contributed by atoms with Crippen LogP contribution in [-0.4, -0.2) is 17.9 Å². The van der Waals surface area contributed by atoms with Gasteiger partial charge in [0.05, 0.1) is 0 Å². The molecular formula is C14H21O6Rh. The maximum atomic E-state index is 8.89. The fourth-order valence-corrected chi connectivity index (χ4v) is 0.874. The molecule has 0 spiro atoms. The molecule has 0 amide bonds. The van der Waals surface area contributed by atoms with Crippen LogP contribution in [0.5, 0.6) is 0 Å². The summed E-state index contributed by atoms with van der Waals surface area (Å²) in [6.07, 6.45) is 14.0. The van der Waals surface area contributed by atoms with Crippen LogP contribution in [0.15, 0.2) is 24.3 Å². The topological polar surface area (TPSA) is 120 Å². The Kier molecular flexibility index (Phi) is 31.2. The first kappa shape index (κ1) is 27.8. The summed E-state index contributed by atoms with van der Waals surface area (Å²) < 4.78 is 0. The van der Waals surface area contributed by atoms with E-state index in [2.05, 4.69) is 24.3 Å². The predicted molar refractivity (Wildman–Crippen MR) is 68.8 cm³/mol. The zero-order chi connectivity index (χ0) is 16.4. The molecule has 1 aliphatic carbocycles. The van der Waals surface area contributed by atoms with Gasteiger partial charge in [-0.2, -0.15) is 0 Å². The molecule has 0 atom stereocenters. The smallest absolute Gasteiger partial charge is 0.550 e. The first-order valence-electron chi connectivity index (χ1n) is 6.04. The molecule has 0 aromatic carbocycles. The second-order valence-electron chi connectivity index (χ2n) is 3.62. The zero-order valence-electron chi connectivity index (χ0n) is 12.4. The molecule has 122 valence electrons. The predicted octanol–water partition coefficient (Wildman–Crippen LogP) is -1.06. The average Bonchev–Trinajstić information content (AvgIpc) is 2.12. The summed E-state index contributed by atoms with van der Waals surface area (Å²) in [5.41, 5.74) is 0. The van der Waals surface area contributed by atoms with Crippen molar-refractivity contribution < 1.29 is 49.2 Å². The van der Waals surface area contributed by atoms with Crippen molar-refractivity contribution in [1.82, 2.24) is 0 Å². The molecule has 0 fully saturated rings. The Morgan fingerprint density at radius 1 is 0.714 bits per heavy atom. The van der Waals surface area contributed by atoms with Crippen LogP contribution in [0.2, 0.25) is 0 Å². The van der Waals surface area contributed by atoms with Crippen molar-refractivity contribution in [2.75, 3.05) is 0 Å². The Morgan fingerprint density at radius 3 is 1.10 bits per heavy atom. The average molecular weight is 388 g/mol. The molecule has 21 heavy (non-hydrogen) atoms. The van der Waals surface area contributed by atoms with E-state index >= 15 is 0 Å². The van der Waals surface area contributed by atoms with Gasteiger partial charge in [-0.25, -0.2) is 0 Å². The summed E-state index contributed by atoms with van der Waals surface area (Å²) >= 11 is 0. The third-order valence-corrected chi connectivity index (χ3v) is 1.37. The van der Waals surface area contributed by atoms with E-state index in [1.807, 2.05) is 0 Å². The van der Waals surface area contributed by atoms with E-state index in [-0.39, 0.29) is 19.5 Å². The zero-order valence-corrected chi connectivity index (χ0v) is 14.1.